The van der Waals surface area contributed by atoms with Gasteiger partial charge >= 0.3 is 0 Å². The lowest BCUT2D eigenvalue weighted by Crippen LogP contribution is -2.43. The lowest BCUT2D eigenvalue weighted by molar-refractivity contribution is -0.120. The zero-order valence-corrected chi connectivity index (χ0v) is 21.0. The van der Waals surface area contributed by atoms with Gasteiger partial charge in [0.1, 0.15) is 16.7 Å². The van der Waals surface area contributed by atoms with E-state index in [1.54, 1.807) is 6.92 Å². The molecule has 2 aromatic carbocycles. The van der Waals surface area contributed by atoms with Gasteiger partial charge in [0.05, 0.1) is 17.7 Å². The van der Waals surface area contributed by atoms with Crippen molar-refractivity contribution in [2.24, 2.45) is 0 Å². The number of halogens is 3. The van der Waals surface area contributed by atoms with Crippen molar-refractivity contribution in [1.29, 1.82) is 0 Å². The van der Waals surface area contributed by atoms with Crippen molar-refractivity contribution < 1.29 is 18.3 Å². The van der Waals surface area contributed by atoms with Gasteiger partial charge in [0, 0.05) is 44.5 Å². The topological polar surface area (TPSA) is 54.5 Å². The van der Waals surface area contributed by atoms with E-state index in [9.17, 15) is 13.6 Å². The Kier molecular flexibility index (Phi) is 6.57. The molecule has 2 aliphatic heterocycles. The van der Waals surface area contributed by atoms with Crippen molar-refractivity contribution in [3.63, 3.8) is 0 Å². The van der Waals surface area contributed by atoms with E-state index in [1.807, 2.05) is 42.7 Å². The Morgan fingerprint density at radius 3 is 2.44 bits per heavy atom. The van der Waals surface area contributed by atoms with Crippen LogP contribution in [0.5, 0.6) is 0 Å². The molecule has 2 aliphatic rings. The summed E-state index contributed by atoms with van der Waals surface area (Å²) in [7, 11) is 0. The molecule has 0 bridgehead atoms. The summed E-state index contributed by atoms with van der Waals surface area (Å²) in [6.07, 6.45) is 5.59. The number of fused-ring (bicyclic) bond motifs is 2. The van der Waals surface area contributed by atoms with Gasteiger partial charge in [0.15, 0.2) is 0 Å². The minimum Gasteiger partial charge on any atom is -0.365 e. The summed E-state index contributed by atoms with van der Waals surface area (Å²) in [4.78, 5) is 18.7. The summed E-state index contributed by atoms with van der Waals surface area (Å²) in [5, 5.41) is 2.29. The number of pyridine rings is 1. The van der Waals surface area contributed by atoms with Gasteiger partial charge in [0.2, 0.25) is 5.91 Å². The molecule has 188 valence electrons. The van der Waals surface area contributed by atoms with Crippen LogP contribution in [0.1, 0.15) is 54.5 Å². The highest BCUT2D eigenvalue weighted by Gasteiger charge is 2.42. The molecule has 5 nitrogen and oxygen atoms in total. The van der Waals surface area contributed by atoms with Crippen molar-refractivity contribution in [2.75, 3.05) is 13.1 Å². The molecule has 1 amide bonds. The fraction of sp³-hybridized carbons (Fsp3) is 0.357. The van der Waals surface area contributed by atoms with E-state index < -0.39 is 22.2 Å². The molecule has 1 N–H and O–H groups in total. The largest absolute Gasteiger partial charge is 0.365 e. The zero-order valence-electron chi connectivity index (χ0n) is 20.3. The van der Waals surface area contributed by atoms with E-state index in [0.717, 1.165) is 50.2 Å². The third kappa shape index (κ3) is 4.51. The molecule has 3 heterocycles. The third-order valence-corrected chi connectivity index (χ3v) is 7.86. The molecular formula is C28H28ClF2N3O2. The van der Waals surface area contributed by atoms with Crippen LogP contribution < -0.4 is 5.32 Å². The van der Waals surface area contributed by atoms with E-state index in [2.05, 4.69) is 15.2 Å². The first-order valence-electron chi connectivity index (χ1n) is 12.0. The first-order valence-corrected chi connectivity index (χ1v) is 12.4. The number of likely N-dealkylation sites (tertiary alicyclic amines) is 1. The number of benzene rings is 2. The fourth-order valence-electron chi connectivity index (χ4n) is 5.45. The maximum atomic E-state index is 14.2. The molecular weight excluding hydrogens is 484 g/mol. The lowest BCUT2D eigenvalue weighted by atomic mass is 9.83. The maximum absolute atomic E-state index is 14.2. The fourth-order valence-corrected chi connectivity index (χ4v) is 5.56. The van der Waals surface area contributed by atoms with Crippen LogP contribution in [-0.2, 0) is 33.8 Å². The quantitative estimate of drug-likeness (QED) is 0.464. The number of carbonyl (C=O) groups is 1. The number of hydrogen-bond acceptors (Lipinski definition) is 4. The van der Waals surface area contributed by atoms with Crippen molar-refractivity contribution in [1.82, 2.24) is 15.2 Å². The van der Waals surface area contributed by atoms with Crippen LogP contribution in [0.4, 0.5) is 8.78 Å². The van der Waals surface area contributed by atoms with Gasteiger partial charge in [-0.05, 0) is 60.2 Å². The molecule has 8 heteroatoms. The zero-order chi connectivity index (χ0) is 25.5. The Morgan fingerprint density at radius 1 is 1.14 bits per heavy atom. The molecule has 5 rings (SSSR count). The summed E-state index contributed by atoms with van der Waals surface area (Å²) >= 11 is 5.68. The van der Waals surface area contributed by atoms with E-state index >= 15 is 0 Å². The minimum absolute atomic E-state index is 0.229. The Bertz CT molecular complexity index is 1270. The van der Waals surface area contributed by atoms with Crippen molar-refractivity contribution in [3.8, 4) is 0 Å². The monoisotopic (exact) mass is 511 g/mol. The second-order valence-electron chi connectivity index (χ2n) is 9.85. The molecule has 1 aromatic heterocycles. The molecule has 0 aliphatic carbocycles. The summed E-state index contributed by atoms with van der Waals surface area (Å²) in [5.74, 6) is -2.05. The summed E-state index contributed by atoms with van der Waals surface area (Å²) < 4.78 is 34.7. The summed E-state index contributed by atoms with van der Waals surface area (Å²) in [6.45, 7) is 6.34. The molecule has 0 radical (unpaired) electrons. The Morgan fingerprint density at radius 2 is 1.81 bits per heavy atom. The maximum Gasteiger partial charge on any atom is 0.217 e. The second kappa shape index (κ2) is 9.54. The van der Waals surface area contributed by atoms with Crippen LogP contribution in [0.3, 0.4) is 0 Å². The number of piperidine rings is 1. The van der Waals surface area contributed by atoms with Gasteiger partial charge in [-0.3, -0.25) is 14.7 Å². The smallest absolute Gasteiger partial charge is 0.217 e. The summed E-state index contributed by atoms with van der Waals surface area (Å²) in [5.41, 5.74) is 3.20. The molecule has 1 unspecified atom stereocenters. The van der Waals surface area contributed by atoms with Crippen LogP contribution in [0.15, 0.2) is 54.9 Å². The van der Waals surface area contributed by atoms with Crippen molar-refractivity contribution >= 4 is 17.5 Å². The average Bonchev–Trinajstić information content (AvgIpc) is 3.22. The third-order valence-electron chi connectivity index (χ3n) is 7.49. The second-order valence-corrected chi connectivity index (χ2v) is 10.2. The first kappa shape index (κ1) is 24.8. The van der Waals surface area contributed by atoms with E-state index in [4.69, 9.17) is 16.3 Å². The van der Waals surface area contributed by atoms with E-state index in [1.165, 1.54) is 18.1 Å². The average molecular weight is 512 g/mol. The molecule has 3 aromatic rings. The van der Waals surface area contributed by atoms with Crippen LogP contribution in [-0.4, -0.2) is 28.9 Å². The predicted molar refractivity (Wildman–Crippen MR) is 133 cm³/mol. The van der Waals surface area contributed by atoms with E-state index in [0.29, 0.717) is 12.2 Å². The van der Waals surface area contributed by atoms with Crippen molar-refractivity contribution in [2.45, 2.75) is 51.0 Å². The number of nitrogens with zero attached hydrogens (tertiary/aromatic N) is 2. The minimum atomic E-state index is -1.13. The Hall–Kier alpha value is -2.87. The van der Waals surface area contributed by atoms with Gasteiger partial charge in [-0.2, -0.15) is 0 Å². The number of hydrogen-bond donors (Lipinski definition) is 1. The lowest BCUT2D eigenvalue weighted by Gasteiger charge is -2.39. The molecule has 36 heavy (non-hydrogen) atoms. The predicted octanol–water partition coefficient (Wildman–Crippen LogP) is 5.43. The Labute approximate surface area is 214 Å². The summed E-state index contributed by atoms with van der Waals surface area (Å²) in [6, 6.07) is 12.1. The van der Waals surface area contributed by atoms with Gasteiger partial charge in [-0.25, -0.2) is 8.78 Å². The van der Waals surface area contributed by atoms with Crippen LogP contribution in [0.2, 0.25) is 5.02 Å². The van der Waals surface area contributed by atoms with Gasteiger partial charge in [-0.1, -0.05) is 35.9 Å². The van der Waals surface area contributed by atoms with E-state index in [-0.39, 0.29) is 17.1 Å². The van der Waals surface area contributed by atoms with Gasteiger partial charge in [0.25, 0.3) is 0 Å². The normalized spacial score (nSPS) is 18.6. The number of nitrogens with one attached hydrogen (secondary N) is 1. The molecule has 1 spiro atoms. The van der Waals surface area contributed by atoms with Crippen LogP contribution >= 0.6 is 11.6 Å². The van der Waals surface area contributed by atoms with Crippen LogP contribution in [0, 0.1) is 11.6 Å². The highest BCUT2D eigenvalue weighted by Crippen LogP contribution is 2.44. The number of carbonyl (C=O) groups excluding carboxylic acids is 1. The number of rotatable bonds is 5. The molecule has 1 saturated heterocycles. The molecule has 1 fully saturated rings. The highest BCUT2D eigenvalue weighted by molar-refractivity contribution is 6.30. The number of amides is 1. The number of ether oxygens (including phenoxy) is 1. The molecule has 0 saturated carbocycles. The van der Waals surface area contributed by atoms with Gasteiger partial charge < -0.3 is 10.1 Å². The van der Waals surface area contributed by atoms with Gasteiger partial charge in [-0.15, -0.1) is 0 Å². The highest BCUT2D eigenvalue weighted by atomic mass is 35.5. The number of aromatic nitrogens is 1. The van der Waals surface area contributed by atoms with Crippen molar-refractivity contribution in [3.05, 3.63) is 99.3 Å². The standard InChI is InChI=1S/C28H28ClF2N3O2/c1-18(35)33-27(2,22-13-24(30)26(29)25(31)14-22)21-5-3-19(4-6-21)16-34-11-8-28(9-12-34)23-15-32-10-7-20(23)17-36-28/h3-7,10,13-15H,8-9,11-12,16-17H2,1-2H3,(H,33,35). The van der Waals surface area contributed by atoms with Crippen LogP contribution in [0.25, 0.3) is 0 Å². The first-order chi connectivity index (χ1) is 17.2. The Balaban J connectivity index is 1.31. The molecule has 1 atom stereocenters. The SMILES string of the molecule is CC(=O)NC(C)(c1ccc(CN2CCC3(CC2)OCc2ccncc23)cc1)c1cc(F)c(Cl)c(F)c1.